The van der Waals surface area contributed by atoms with Crippen LogP contribution in [0, 0.1) is 0 Å². The number of nitrogens with two attached hydrogens (primary N) is 1. The molecular formula is C6H11N3. The molecule has 0 aromatic rings. The fourth-order valence-electron chi connectivity index (χ4n) is 0.268. The van der Waals surface area contributed by atoms with Crippen LogP contribution in [-0.2, 0) is 0 Å². The van der Waals surface area contributed by atoms with Crippen LogP contribution in [0.5, 0.6) is 0 Å². The molecule has 0 radical (unpaired) electrons. The predicted octanol–water partition coefficient (Wildman–Crippen LogP) is 0.220. The Kier molecular flexibility index (Phi) is 4.22. The highest BCUT2D eigenvalue weighted by Gasteiger charge is 1.74. The van der Waals surface area contributed by atoms with Gasteiger partial charge in [-0.25, -0.2) is 0 Å². The average Bonchev–Trinajstić information content (AvgIpc) is 1.89. The van der Waals surface area contributed by atoms with Crippen molar-refractivity contribution in [2.75, 3.05) is 7.05 Å². The van der Waals surface area contributed by atoms with Crippen LogP contribution in [0.4, 0.5) is 0 Å². The molecule has 50 valence electrons. The zero-order valence-electron chi connectivity index (χ0n) is 5.46. The number of nitrogens with zero attached hydrogens (tertiary/aromatic N) is 1. The number of nitrogens with one attached hydrogen (secondary N) is 1. The van der Waals surface area contributed by atoms with Crippen LogP contribution >= 0.6 is 0 Å². The van der Waals surface area contributed by atoms with Crippen molar-refractivity contribution >= 4 is 6.21 Å². The van der Waals surface area contributed by atoms with Gasteiger partial charge in [-0.15, -0.1) is 0 Å². The highest BCUT2D eigenvalue weighted by atomic mass is 14.9. The Morgan fingerprint density at radius 2 is 2.44 bits per heavy atom. The van der Waals surface area contributed by atoms with E-state index >= 15 is 0 Å². The zero-order chi connectivity index (χ0) is 7.11. The van der Waals surface area contributed by atoms with E-state index in [2.05, 4.69) is 16.9 Å². The molecule has 0 spiro atoms. The highest BCUT2D eigenvalue weighted by Crippen LogP contribution is 1.71. The summed E-state index contributed by atoms with van der Waals surface area (Å²) < 4.78 is 0. The van der Waals surface area contributed by atoms with Gasteiger partial charge in [0.15, 0.2) is 0 Å². The summed E-state index contributed by atoms with van der Waals surface area (Å²) in [6.45, 7) is 3.39. The van der Waals surface area contributed by atoms with Crippen molar-refractivity contribution in [2.24, 2.45) is 10.7 Å². The first kappa shape index (κ1) is 7.75. The normalized spacial score (nSPS) is 11.9. The molecule has 0 aromatic heterocycles. The third-order valence-corrected chi connectivity index (χ3v) is 0.734. The van der Waals surface area contributed by atoms with Crippen molar-refractivity contribution in [3.8, 4) is 0 Å². The van der Waals surface area contributed by atoms with Crippen molar-refractivity contribution in [1.82, 2.24) is 5.32 Å². The lowest BCUT2D eigenvalue weighted by Gasteiger charge is -1.92. The van der Waals surface area contributed by atoms with E-state index in [1.165, 1.54) is 6.20 Å². The van der Waals surface area contributed by atoms with E-state index in [1.807, 2.05) is 0 Å². The summed E-state index contributed by atoms with van der Waals surface area (Å²) in [5.41, 5.74) is 5.34. The Bertz CT molecular complexity index is 135. The molecule has 0 heterocycles. The minimum atomic E-state index is 0.584. The van der Waals surface area contributed by atoms with Gasteiger partial charge in [0.05, 0.1) is 5.82 Å². The number of allylic oxidation sites excluding steroid dienone is 1. The van der Waals surface area contributed by atoms with Crippen molar-refractivity contribution in [3.05, 3.63) is 24.7 Å². The van der Waals surface area contributed by atoms with Crippen LogP contribution < -0.4 is 11.1 Å². The molecule has 0 aliphatic heterocycles. The summed E-state index contributed by atoms with van der Waals surface area (Å²) in [5, 5.41) is 2.74. The molecule has 0 aromatic carbocycles. The molecule has 0 aliphatic carbocycles. The van der Waals surface area contributed by atoms with Gasteiger partial charge in [-0.2, -0.15) is 0 Å². The molecule has 3 N–H and O–H groups in total. The lowest BCUT2D eigenvalue weighted by Crippen LogP contribution is -2.14. The molecule has 0 unspecified atom stereocenters. The van der Waals surface area contributed by atoms with Gasteiger partial charge >= 0.3 is 0 Å². The second kappa shape index (κ2) is 4.90. The zero-order valence-corrected chi connectivity index (χ0v) is 5.46. The van der Waals surface area contributed by atoms with Gasteiger partial charge in [-0.05, 0) is 6.08 Å². The van der Waals surface area contributed by atoms with Gasteiger partial charge in [0.25, 0.3) is 0 Å². The Labute approximate surface area is 55.0 Å². The van der Waals surface area contributed by atoms with Crippen LogP contribution in [0.1, 0.15) is 0 Å². The molecular weight excluding hydrogens is 114 g/mol. The van der Waals surface area contributed by atoms with Gasteiger partial charge in [-0.1, -0.05) is 6.58 Å². The van der Waals surface area contributed by atoms with E-state index in [0.29, 0.717) is 5.82 Å². The van der Waals surface area contributed by atoms with Crippen LogP contribution in [-0.4, -0.2) is 13.3 Å². The molecule has 0 amide bonds. The Balaban J connectivity index is 3.67. The lowest BCUT2D eigenvalue weighted by molar-refractivity contribution is 0.969. The Morgan fingerprint density at radius 1 is 1.78 bits per heavy atom. The first-order valence-electron chi connectivity index (χ1n) is 2.59. The maximum Gasteiger partial charge on any atom is 0.0972 e. The van der Waals surface area contributed by atoms with Crippen LogP contribution in [0.2, 0.25) is 0 Å². The minimum Gasteiger partial charge on any atom is -0.386 e. The molecule has 0 bridgehead atoms. The molecule has 3 nitrogen and oxygen atoms in total. The minimum absolute atomic E-state index is 0.584. The first-order chi connectivity index (χ1) is 4.31. The molecule has 0 rings (SSSR count). The smallest absolute Gasteiger partial charge is 0.0972 e. The monoisotopic (exact) mass is 125 g/mol. The van der Waals surface area contributed by atoms with E-state index < -0.39 is 0 Å². The van der Waals surface area contributed by atoms with Crippen LogP contribution in [0.25, 0.3) is 0 Å². The SMILES string of the molecule is C=C/N=C\C=C(\N)NC. The topological polar surface area (TPSA) is 50.4 Å². The van der Waals surface area contributed by atoms with Crippen molar-refractivity contribution in [1.29, 1.82) is 0 Å². The second-order valence-corrected chi connectivity index (χ2v) is 1.35. The lowest BCUT2D eigenvalue weighted by atomic mass is 10.6. The van der Waals surface area contributed by atoms with Crippen molar-refractivity contribution < 1.29 is 0 Å². The highest BCUT2D eigenvalue weighted by molar-refractivity contribution is 5.72. The third kappa shape index (κ3) is 4.61. The molecule has 0 fully saturated rings. The summed E-state index contributed by atoms with van der Waals surface area (Å²) in [4.78, 5) is 3.70. The van der Waals surface area contributed by atoms with Gasteiger partial charge in [0.2, 0.25) is 0 Å². The van der Waals surface area contributed by atoms with Crippen LogP contribution in [0.15, 0.2) is 29.7 Å². The quantitative estimate of drug-likeness (QED) is 0.530. The number of rotatable bonds is 3. The summed E-state index contributed by atoms with van der Waals surface area (Å²) in [5.74, 6) is 0.584. The number of hydrogen-bond acceptors (Lipinski definition) is 3. The maximum atomic E-state index is 5.34. The van der Waals surface area contributed by atoms with E-state index in [-0.39, 0.29) is 0 Å². The molecule has 0 saturated carbocycles. The summed E-state index contributed by atoms with van der Waals surface area (Å²) in [7, 11) is 1.74. The Morgan fingerprint density at radius 3 is 2.89 bits per heavy atom. The Hall–Kier alpha value is -1.25. The van der Waals surface area contributed by atoms with E-state index in [9.17, 15) is 0 Å². The molecule has 0 saturated heterocycles. The summed E-state index contributed by atoms with van der Waals surface area (Å²) in [6.07, 6.45) is 4.67. The van der Waals surface area contributed by atoms with Crippen molar-refractivity contribution in [3.63, 3.8) is 0 Å². The molecule has 9 heavy (non-hydrogen) atoms. The third-order valence-electron chi connectivity index (χ3n) is 0.734. The largest absolute Gasteiger partial charge is 0.386 e. The fourth-order valence-corrected chi connectivity index (χ4v) is 0.268. The first-order valence-corrected chi connectivity index (χ1v) is 2.59. The number of hydrogen-bond donors (Lipinski definition) is 2. The molecule has 3 heteroatoms. The standard InChI is InChI=1S/C6H11N3/c1-3-9-5-4-6(7)8-2/h3-5,8H,1,7H2,2H3/b6-4-,9-5-. The predicted molar refractivity (Wildman–Crippen MR) is 40.0 cm³/mol. The average molecular weight is 125 g/mol. The van der Waals surface area contributed by atoms with Gasteiger partial charge in [-0.3, -0.25) is 4.99 Å². The second-order valence-electron chi connectivity index (χ2n) is 1.35. The van der Waals surface area contributed by atoms with Gasteiger partial charge in [0.1, 0.15) is 0 Å². The molecule has 0 aliphatic rings. The van der Waals surface area contributed by atoms with E-state index in [4.69, 9.17) is 5.73 Å². The van der Waals surface area contributed by atoms with E-state index in [1.54, 1.807) is 19.3 Å². The van der Waals surface area contributed by atoms with E-state index in [0.717, 1.165) is 0 Å². The van der Waals surface area contributed by atoms with Crippen LogP contribution in [0.3, 0.4) is 0 Å². The maximum absolute atomic E-state index is 5.34. The summed E-state index contributed by atoms with van der Waals surface area (Å²) in [6, 6.07) is 0. The van der Waals surface area contributed by atoms with Gasteiger partial charge < -0.3 is 11.1 Å². The van der Waals surface area contributed by atoms with Gasteiger partial charge in [0, 0.05) is 19.5 Å². The summed E-state index contributed by atoms with van der Waals surface area (Å²) >= 11 is 0. The number of aliphatic imine (C=N–C) groups is 1. The fraction of sp³-hybridized carbons (Fsp3) is 0.167. The molecule has 0 atom stereocenters. The van der Waals surface area contributed by atoms with Crippen molar-refractivity contribution in [2.45, 2.75) is 0 Å².